The first-order valence-corrected chi connectivity index (χ1v) is 5.57. The van der Waals surface area contributed by atoms with E-state index in [0.717, 1.165) is 0 Å². The first-order chi connectivity index (χ1) is 9.08. The van der Waals surface area contributed by atoms with Crippen molar-refractivity contribution < 1.29 is 14.7 Å². The van der Waals surface area contributed by atoms with Gasteiger partial charge in [0.1, 0.15) is 12.2 Å². The normalized spacial score (nSPS) is 11.8. The zero-order valence-corrected chi connectivity index (χ0v) is 10.1. The molecule has 1 aromatic heterocycles. The summed E-state index contributed by atoms with van der Waals surface area (Å²) < 4.78 is 0. The van der Waals surface area contributed by atoms with Crippen molar-refractivity contribution in [1.29, 1.82) is 0 Å². The van der Waals surface area contributed by atoms with E-state index >= 15 is 0 Å². The van der Waals surface area contributed by atoms with Crippen molar-refractivity contribution in [3.8, 4) is 0 Å². The van der Waals surface area contributed by atoms with E-state index in [1.165, 1.54) is 24.5 Å². The number of amides is 1. The van der Waals surface area contributed by atoms with Crippen molar-refractivity contribution in [3.05, 3.63) is 47.5 Å². The summed E-state index contributed by atoms with van der Waals surface area (Å²) in [4.78, 5) is 26.7. The molecule has 98 valence electrons. The van der Waals surface area contributed by atoms with E-state index in [-0.39, 0.29) is 23.1 Å². The highest BCUT2D eigenvalue weighted by molar-refractivity contribution is 5.97. The number of carboxylic acid groups (broad SMARTS) is 1. The van der Waals surface area contributed by atoms with Crippen molar-refractivity contribution in [3.63, 3.8) is 0 Å². The van der Waals surface area contributed by atoms with Gasteiger partial charge in [-0.25, -0.2) is 9.78 Å². The number of hydrogen-bond acceptors (Lipinski definition) is 4. The van der Waals surface area contributed by atoms with Gasteiger partial charge >= 0.3 is 5.97 Å². The average molecular weight is 260 g/mol. The number of rotatable bonds is 4. The molecule has 1 unspecified atom stereocenters. The van der Waals surface area contributed by atoms with E-state index < -0.39 is 5.97 Å². The van der Waals surface area contributed by atoms with Crippen molar-refractivity contribution in [2.24, 2.45) is 0 Å². The molecule has 3 N–H and O–H groups in total. The van der Waals surface area contributed by atoms with Crippen LogP contribution in [0.15, 0.2) is 30.6 Å². The molecule has 0 radical (unpaired) electrons. The molecule has 1 heterocycles. The number of aromatic amines is 1. The van der Waals surface area contributed by atoms with Gasteiger partial charge in [0.25, 0.3) is 5.91 Å². The smallest absolute Gasteiger partial charge is 0.335 e. The molecule has 0 aliphatic carbocycles. The average Bonchev–Trinajstić information content (AvgIpc) is 2.92. The van der Waals surface area contributed by atoms with Crippen LogP contribution in [0.2, 0.25) is 0 Å². The summed E-state index contributed by atoms with van der Waals surface area (Å²) in [6.45, 7) is 1.75. The maximum atomic E-state index is 12.0. The predicted molar refractivity (Wildman–Crippen MR) is 65.7 cm³/mol. The molecule has 19 heavy (non-hydrogen) atoms. The van der Waals surface area contributed by atoms with Crippen LogP contribution in [0.1, 0.15) is 39.5 Å². The fraction of sp³-hybridized carbons (Fsp3) is 0.167. The summed E-state index contributed by atoms with van der Waals surface area (Å²) in [5.41, 5.74) is 0.353. The molecule has 2 rings (SSSR count). The van der Waals surface area contributed by atoms with Crippen molar-refractivity contribution >= 4 is 11.9 Å². The number of nitrogens with zero attached hydrogens (tertiary/aromatic N) is 2. The third-order valence-electron chi connectivity index (χ3n) is 2.56. The van der Waals surface area contributed by atoms with E-state index in [0.29, 0.717) is 5.82 Å². The Hall–Kier alpha value is -2.70. The van der Waals surface area contributed by atoms with Gasteiger partial charge in [0.2, 0.25) is 0 Å². The maximum absolute atomic E-state index is 12.0. The number of carboxylic acids is 1. The lowest BCUT2D eigenvalue weighted by Gasteiger charge is -2.11. The maximum Gasteiger partial charge on any atom is 0.335 e. The number of nitrogens with one attached hydrogen (secondary N) is 2. The van der Waals surface area contributed by atoms with Crippen LogP contribution >= 0.6 is 0 Å². The Morgan fingerprint density at radius 2 is 2.11 bits per heavy atom. The van der Waals surface area contributed by atoms with Crippen molar-refractivity contribution in [1.82, 2.24) is 20.5 Å². The third kappa shape index (κ3) is 2.95. The number of aromatic nitrogens is 3. The highest BCUT2D eigenvalue weighted by Crippen LogP contribution is 2.09. The SMILES string of the molecule is CC(NC(=O)c1cccc(C(=O)O)c1)c1ncn[nH]1. The summed E-state index contributed by atoms with van der Waals surface area (Å²) in [6, 6.07) is 5.49. The summed E-state index contributed by atoms with van der Waals surface area (Å²) >= 11 is 0. The zero-order chi connectivity index (χ0) is 13.8. The molecular weight excluding hydrogens is 248 g/mol. The highest BCUT2D eigenvalue weighted by Gasteiger charge is 2.14. The lowest BCUT2D eigenvalue weighted by molar-refractivity contribution is 0.0697. The molecule has 0 bridgehead atoms. The molecule has 1 amide bonds. The van der Waals surface area contributed by atoms with Gasteiger partial charge < -0.3 is 10.4 Å². The van der Waals surface area contributed by atoms with Gasteiger partial charge in [-0.1, -0.05) is 6.07 Å². The Labute approximate surface area is 108 Å². The second-order valence-electron chi connectivity index (χ2n) is 3.95. The molecule has 7 heteroatoms. The summed E-state index contributed by atoms with van der Waals surface area (Å²) in [6.07, 6.45) is 1.35. The van der Waals surface area contributed by atoms with Crippen LogP contribution in [0.3, 0.4) is 0 Å². The third-order valence-corrected chi connectivity index (χ3v) is 2.56. The fourth-order valence-electron chi connectivity index (χ4n) is 1.57. The molecule has 0 aliphatic rings. The molecule has 0 spiro atoms. The van der Waals surface area contributed by atoms with Gasteiger partial charge in [-0.15, -0.1) is 0 Å². The minimum Gasteiger partial charge on any atom is -0.478 e. The van der Waals surface area contributed by atoms with Crippen LogP contribution in [0, 0.1) is 0 Å². The van der Waals surface area contributed by atoms with Gasteiger partial charge in [0.15, 0.2) is 0 Å². The quantitative estimate of drug-likeness (QED) is 0.759. The minimum absolute atomic E-state index is 0.0694. The highest BCUT2D eigenvalue weighted by atomic mass is 16.4. The van der Waals surface area contributed by atoms with Crippen LogP contribution < -0.4 is 5.32 Å². The lowest BCUT2D eigenvalue weighted by Crippen LogP contribution is -2.27. The Balaban J connectivity index is 2.12. The Morgan fingerprint density at radius 1 is 1.37 bits per heavy atom. The number of carbonyl (C=O) groups is 2. The molecular formula is C12H12N4O3. The van der Waals surface area contributed by atoms with E-state index in [1.807, 2.05) is 0 Å². The van der Waals surface area contributed by atoms with Gasteiger partial charge in [0, 0.05) is 5.56 Å². The number of aromatic carboxylic acids is 1. The van der Waals surface area contributed by atoms with E-state index in [9.17, 15) is 9.59 Å². The van der Waals surface area contributed by atoms with E-state index in [1.54, 1.807) is 13.0 Å². The van der Waals surface area contributed by atoms with Gasteiger partial charge in [-0.05, 0) is 25.1 Å². The first-order valence-electron chi connectivity index (χ1n) is 5.57. The molecule has 7 nitrogen and oxygen atoms in total. The number of benzene rings is 1. The van der Waals surface area contributed by atoms with Gasteiger partial charge in [0.05, 0.1) is 11.6 Å². The standard InChI is InChI=1S/C12H12N4O3/c1-7(10-13-6-14-16-10)15-11(17)8-3-2-4-9(5-8)12(18)19/h2-7H,1H3,(H,15,17)(H,18,19)(H,13,14,16). The Morgan fingerprint density at radius 3 is 2.74 bits per heavy atom. The Bertz CT molecular complexity index is 595. The van der Waals surface area contributed by atoms with E-state index in [4.69, 9.17) is 5.11 Å². The molecule has 0 saturated heterocycles. The monoisotopic (exact) mass is 260 g/mol. The number of hydrogen-bond donors (Lipinski definition) is 3. The first kappa shape index (κ1) is 12.7. The molecule has 2 aromatic rings. The van der Waals surface area contributed by atoms with Gasteiger partial charge in [-0.2, -0.15) is 5.10 Å². The van der Waals surface area contributed by atoms with Crippen molar-refractivity contribution in [2.75, 3.05) is 0 Å². The predicted octanol–water partition coefficient (Wildman–Crippen LogP) is 0.994. The van der Waals surface area contributed by atoms with Crippen LogP contribution in [0.25, 0.3) is 0 Å². The second-order valence-corrected chi connectivity index (χ2v) is 3.95. The molecule has 0 saturated carbocycles. The minimum atomic E-state index is -1.07. The molecule has 1 atom stereocenters. The summed E-state index contributed by atoms with van der Waals surface area (Å²) in [7, 11) is 0. The van der Waals surface area contributed by atoms with Crippen LogP contribution in [-0.2, 0) is 0 Å². The molecule has 0 fully saturated rings. The summed E-state index contributed by atoms with van der Waals surface area (Å²) in [5.74, 6) is -0.910. The topological polar surface area (TPSA) is 108 Å². The number of carbonyl (C=O) groups excluding carboxylic acids is 1. The van der Waals surface area contributed by atoms with Gasteiger partial charge in [-0.3, -0.25) is 9.89 Å². The zero-order valence-electron chi connectivity index (χ0n) is 10.1. The second kappa shape index (κ2) is 5.30. The van der Waals surface area contributed by atoms with Crippen molar-refractivity contribution in [2.45, 2.75) is 13.0 Å². The fourth-order valence-corrected chi connectivity index (χ4v) is 1.57. The lowest BCUT2D eigenvalue weighted by atomic mass is 10.1. The Kier molecular flexibility index (Phi) is 3.56. The molecule has 1 aromatic carbocycles. The van der Waals surface area contributed by atoms with Crippen LogP contribution in [-0.4, -0.2) is 32.2 Å². The largest absolute Gasteiger partial charge is 0.478 e. The number of H-pyrrole nitrogens is 1. The van der Waals surface area contributed by atoms with Crippen LogP contribution in [0.5, 0.6) is 0 Å². The summed E-state index contributed by atoms with van der Waals surface area (Å²) in [5, 5.41) is 17.9. The van der Waals surface area contributed by atoms with Crippen LogP contribution in [0.4, 0.5) is 0 Å². The van der Waals surface area contributed by atoms with E-state index in [2.05, 4.69) is 20.5 Å². The molecule has 0 aliphatic heterocycles.